The molecule has 2 aliphatic heterocycles. The van der Waals surface area contributed by atoms with E-state index in [0.717, 1.165) is 16.8 Å². The molecule has 0 bridgehead atoms. The van der Waals surface area contributed by atoms with Crippen LogP contribution in [0.2, 0.25) is 0 Å². The highest BCUT2D eigenvalue weighted by atomic mass is 19.1. The summed E-state index contributed by atoms with van der Waals surface area (Å²) in [7, 11) is 3.54. The Hall–Kier alpha value is -3.06. The highest BCUT2D eigenvalue weighted by molar-refractivity contribution is 5.87. The Morgan fingerprint density at radius 3 is 2.66 bits per heavy atom. The van der Waals surface area contributed by atoms with E-state index in [4.69, 9.17) is 9.47 Å². The van der Waals surface area contributed by atoms with E-state index in [1.807, 2.05) is 38.1 Å². The van der Waals surface area contributed by atoms with Crippen molar-refractivity contribution in [2.24, 2.45) is 0 Å². The lowest BCUT2D eigenvalue weighted by Gasteiger charge is -2.37. The van der Waals surface area contributed by atoms with Gasteiger partial charge in [-0.3, -0.25) is 4.79 Å². The number of para-hydroxylation sites is 1. The minimum Gasteiger partial charge on any atom is -0.441 e. The Morgan fingerprint density at radius 1 is 1.22 bits per heavy atom. The summed E-state index contributed by atoms with van der Waals surface area (Å²) in [6.07, 6.45) is 2.01. The normalized spacial score (nSPS) is 21.2. The number of ether oxygens (including phenoxy) is 2. The van der Waals surface area contributed by atoms with Gasteiger partial charge in [0.2, 0.25) is 5.91 Å². The summed E-state index contributed by atoms with van der Waals surface area (Å²) >= 11 is 0. The molecule has 0 aliphatic carbocycles. The van der Waals surface area contributed by atoms with Gasteiger partial charge < -0.3 is 24.6 Å². The van der Waals surface area contributed by atoms with Crippen LogP contribution < -0.4 is 10.1 Å². The van der Waals surface area contributed by atoms with Gasteiger partial charge >= 0.3 is 0 Å². The maximum absolute atomic E-state index is 13.3. The number of carbonyl (C=O) groups is 1. The van der Waals surface area contributed by atoms with E-state index in [1.54, 1.807) is 31.1 Å². The van der Waals surface area contributed by atoms with Crippen molar-refractivity contribution in [1.29, 1.82) is 0 Å². The van der Waals surface area contributed by atoms with Crippen LogP contribution in [0.15, 0.2) is 54.4 Å². The van der Waals surface area contributed by atoms with Gasteiger partial charge in [-0.2, -0.15) is 0 Å². The largest absolute Gasteiger partial charge is 0.441 e. The summed E-state index contributed by atoms with van der Waals surface area (Å²) in [5.74, 6) is 0.688. The molecular weight excluding hydrogens is 409 g/mol. The molecular formula is C25H30FN3O3. The second kappa shape index (κ2) is 9.20. The smallest absolute Gasteiger partial charge is 0.233 e. The first-order valence-electron chi connectivity index (χ1n) is 11.0. The third kappa shape index (κ3) is 4.58. The van der Waals surface area contributed by atoms with E-state index in [0.29, 0.717) is 31.3 Å². The molecule has 2 aromatic carbocycles. The average Bonchev–Trinajstić information content (AvgIpc) is 2.78. The van der Waals surface area contributed by atoms with Crippen molar-refractivity contribution in [1.82, 2.24) is 9.80 Å². The number of fused-ring (bicyclic) bond motifs is 1. The van der Waals surface area contributed by atoms with Gasteiger partial charge in [0.15, 0.2) is 5.88 Å². The fourth-order valence-corrected chi connectivity index (χ4v) is 4.19. The molecule has 3 atom stereocenters. The molecule has 2 heterocycles. The summed E-state index contributed by atoms with van der Waals surface area (Å²) < 4.78 is 25.4. The Labute approximate surface area is 188 Å². The lowest BCUT2D eigenvalue weighted by Crippen LogP contribution is -2.43. The van der Waals surface area contributed by atoms with Gasteiger partial charge in [0.25, 0.3) is 0 Å². The van der Waals surface area contributed by atoms with Crippen LogP contribution in [0.4, 0.5) is 10.1 Å². The summed E-state index contributed by atoms with van der Waals surface area (Å²) in [6, 6.07) is 12.1. The second-order valence-electron chi connectivity index (χ2n) is 8.58. The number of morpholine rings is 1. The van der Waals surface area contributed by atoms with Crippen LogP contribution in [0.25, 0.3) is 0 Å². The molecule has 1 amide bonds. The van der Waals surface area contributed by atoms with Gasteiger partial charge in [-0.25, -0.2) is 4.39 Å². The van der Waals surface area contributed by atoms with Crippen LogP contribution in [-0.2, 0) is 9.53 Å². The number of amides is 1. The maximum Gasteiger partial charge on any atom is 0.233 e. The van der Waals surface area contributed by atoms with Crippen LogP contribution in [0.1, 0.15) is 36.9 Å². The van der Waals surface area contributed by atoms with Crippen molar-refractivity contribution in [3.05, 3.63) is 71.4 Å². The van der Waals surface area contributed by atoms with Gasteiger partial charge in [-0.1, -0.05) is 18.2 Å². The molecule has 3 unspecified atom stereocenters. The molecule has 0 radical (unpaired) electrons. The zero-order valence-corrected chi connectivity index (χ0v) is 19.0. The summed E-state index contributed by atoms with van der Waals surface area (Å²) in [6.45, 7) is 6.09. The van der Waals surface area contributed by atoms with Crippen molar-refractivity contribution in [2.75, 3.05) is 39.1 Å². The van der Waals surface area contributed by atoms with E-state index in [9.17, 15) is 9.18 Å². The number of hydrogen-bond donors (Lipinski definition) is 1. The van der Waals surface area contributed by atoms with E-state index in [2.05, 4.69) is 10.2 Å². The highest BCUT2D eigenvalue weighted by Gasteiger charge is 2.34. The molecule has 0 aromatic heterocycles. The zero-order valence-electron chi connectivity index (χ0n) is 19.0. The van der Waals surface area contributed by atoms with Gasteiger partial charge in [0.05, 0.1) is 24.7 Å². The van der Waals surface area contributed by atoms with Gasteiger partial charge in [0.1, 0.15) is 11.6 Å². The number of anilines is 1. The van der Waals surface area contributed by atoms with Gasteiger partial charge in [-0.15, -0.1) is 0 Å². The fraction of sp³-hybridized carbons (Fsp3) is 0.400. The molecule has 0 saturated carbocycles. The van der Waals surface area contributed by atoms with Crippen LogP contribution in [-0.4, -0.2) is 55.6 Å². The molecule has 1 saturated heterocycles. The number of rotatable bonds is 5. The van der Waals surface area contributed by atoms with Crippen molar-refractivity contribution in [3.63, 3.8) is 0 Å². The van der Waals surface area contributed by atoms with Gasteiger partial charge in [-0.05, 0) is 44.2 Å². The molecule has 4 rings (SSSR count). The number of nitrogens with one attached hydrogen (secondary N) is 1. The zero-order chi connectivity index (χ0) is 22.8. The SMILES string of the molecule is CC1CN(C2=CC(C(=O)N(C)C)c3cccc(C(C)Nc4ccc(F)cc4)c3O2)CCO1. The predicted octanol–water partition coefficient (Wildman–Crippen LogP) is 4.13. The number of halogens is 1. The Balaban J connectivity index is 1.69. The first kappa shape index (κ1) is 22.1. The number of likely N-dealkylation sites (N-methyl/N-ethyl adjacent to an activating group) is 1. The van der Waals surface area contributed by atoms with E-state index in [1.165, 1.54) is 12.1 Å². The van der Waals surface area contributed by atoms with Crippen molar-refractivity contribution in [3.8, 4) is 5.75 Å². The highest BCUT2D eigenvalue weighted by Crippen LogP contribution is 2.41. The number of nitrogens with zero attached hydrogens (tertiary/aromatic N) is 2. The molecule has 1 N–H and O–H groups in total. The van der Waals surface area contributed by atoms with Crippen molar-refractivity contribution < 1.29 is 18.7 Å². The predicted molar refractivity (Wildman–Crippen MR) is 122 cm³/mol. The number of benzene rings is 2. The molecule has 32 heavy (non-hydrogen) atoms. The standard InChI is InChI=1S/C25H30FN3O3/c1-16-15-29(12-13-31-16)23-14-22(25(30)28(3)4)21-7-5-6-20(24(21)32-23)17(2)27-19-10-8-18(26)9-11-19/h5-11,14,16-17,22,27H,12-13,15H2,1-4H3. The first-order chi connectivity index (χ1) is 15.3. The second-order valence-corrected chi connectivity index (χ2v) is 8.58. The van der Waals surface area contributed by atoms with Crippen molar-refractivity contribution >= 4 is 11.6 Å². The van der Waals surface area contributed by atoms with Crippen molar-refractivity contribution in [2.45, 2.75) is 31.9 Å². The fourth-order valence-electron chi connectivity index (χ4n) is 4.19. The summed E-state index contributed by atoms with van der Waals surface area (Å²) in [4.78, 5) is 16.8. The third-order valence-corrected chi connectivity index (χ3v) is 5.88. The Morgan fingerprint density at radius 2 is 1.97 bits per heavy atom. The summed E-state index contributed by atoms with van der Waals surface area (Å²) in [5.41, 5.74) is 2.60. The minimum absolute atomic E-state index is 0.00431. The molecule has 7 heteroatoms. The quantitative estimate of drug-likeness (QED) is 0.760. The Kier molecular flexibility index (Phi) is 6.37. The number of carbonyl (C=O) groups excluding carboxylic acids is 1. The molecule has 0 spiro atoms. The van der Waals surface area contributed by atoms with Crippen LogP contribution in [0, 0.1) is 5.82 Å². The monoisotopic (exact) mass is 439 g/mol. The van der Waals surface area contributed by atoms with Gasteiger partial charge in [0, 0.05) is 44.0 Å². The average molecular weight is 440 g/mol. The lowest BCUT2D eigenvalue weighted by molar-refractivity contribution is -0.129. The molecule has 2 aromatic rings. The van der Waals surface area contributed by atoms with E-state index < -0.39 is 5.92 Å². The van der Waals surface area contributed by atoms with E-state index in [-0.39, 0.29) is 23.9 Å². The molecule has 1 fully saturated rings. The molecule has 170 valence electrons. The number of hydrogen-bond acceptors (Lipinski definition) is 5. The molecule has 2 aliphatic rings. The lowest BCUT2D eigenvalue weighted by atomic mass is 9.91. The van der Waals surface area contributed by atoms with Crippen LogP contribution in [0.5, 0.6) is 5.75 Å². The topological polar surface area (TPSA) is 54.0 Å². The summed E-state index contributed by atoms with van der Waals surface area (Å²) in [5, 5.41) is 3.41. The van der Waals surface area contributed by atoms with E-state index >= 15 is 0 Å². The minimum atomic E-state index is -0.431. The maximum atomic E-state index is 13.3. The third-order valence-electron chi connectivity index (χ3n) is 5.88. The van der Waals surface area contributed by atoms with Crippen LogP contribution in [0.3, 0.4) is 0 Å². The van der Waals surface area contributed by atoms with Crippen LogP contribution >= 0.6 is 0 Å². The first-order valence-corrected chi connectivity index (χ1v) is 11.0. The Bertz CT molecular complexity index is 1010. The molecule has 6 nitrogen and oxygen atoms in total.